The summed E-state index contributed by atoms with van der Waals surface area (Å²) in [4.78, 5) is 11.2. The third-order valence-corrected chi connectivity index (χ3v) is 1.54. The van der Waals surface area contributed by atoms with E-state index in [9.17, 15) is 4.79 Å². The molecule has 0 aliphatic heterocycles. The molecule has 0 aliphatic rings. The van der Waals surface area contributed by atoms with E-state index in [1.807, 2.05) is 6.92 Å². The molecule has 0 spiro atoms. The SMILES string of the molecule is C=CCC(=O)C(CCC)OC. The zero-order valence-corrected chi connectivity index (χ0v) is 7.30. The van der Waals surface area contributed by atoms with Crippen molar-refractivity contribution >= 4 is 5.78 Å². The highest BCUT2D eigenvalue weighted by Gasteiger charge is 2.13. The molecule has 0 saturated heterocycles. The van der Waals surface area contributed by atoms with Gasteiger partial charge in [-0.1, -0.05) is 19.4 Å². The van der Waals surface area contributed by atoms with Crippen molar-refractivity contribution < 1.29 is 9.53 Å². The molecule has 64 valence electrons. The molecule has 1 unspecified atom stereocenters. The summed E-state index contributed by atoms with van der Waals surface area (Å²) in [6, 6.07) is 0. The number of hydrogen-bond acceptors (Lipinski definition) is 2. The van der Waals surface area contributed by atoms with E-state index in [1.54, 1.807) is 13.2 Å². The minimum Gasteiger partial charge on any atom is -0.374 e. The quantitative estimate of drug-likeness (QED) is 0.549. The van der Waals surface area contributed by atoms with E-state index in [4.69, 9.17) is 4.74 Å². The van der Waals surface area contributed by atoms with Crippen LogP contribution in [0.25, 0.3) is 0 Å². The van der Waals surface area contributed by atoms with Crippen LogP contribution in [0.4, 0.5) is 0 Å². The zero-order chi connectivity index (χ0) is 8.69. The number of hydrogen-bond donors (Lipinski definition) is 0. The Kier molecular flexibility index (Phi) is 5.75. The standard InChI is InChI=1S/C9H16O2/c1-4-6-8(10)9(11-3)7-5-2/h4,9H,1,5-7H2,2-3H3. The van der Waals surface area contributed by atoms with Crippen LogP contribution >= 0.6 is 0 Å². The molecular weight excluding hydrogens is 140 g/mol. The topological polar surface area (TPSA) is 26.3 Å². The largest absolute Gasteiger partial charge is 0.374 e. The van der Waals surface area contributed by atoms with Gasteiger partial charge in [0.25, 0.3) is 0 Å². The molecule has 0 rings (SSSR count). The number of ether oxygens (including phenoxy) is 1. The lowest BCUT2D eigenvalue weighted by atomic mass is 10.1. The van der Waals surface area contributed by atoms with Crippen LogP contribution in [0.3, 0.4) is 0 Å². The molecule has 0 aromatic rings. The maximum atomic E-state index is 11.2. The minimum atomic E-state index is -0.224. The van der Waals surface area contributed by atoms with Gasteiger partial charge in [-0.25, -0.2) is 0 Å². The lowest BCUT2D eigenvalue weighted by molar-refractivity contribution is -0.128. The second-order valence-electron chi connectivity index (χ2n) is 2.47. The molecule has 0 N–H and O–H groups in total. The maximum absolute atomic E-state index is 11.2. The summed E-state index contributed by atoms with van der Waals surface area (Å²) in [6.45, 7) is 5.54. The van der Waals surface area contributed by atoms with Crippen LogP contribution in [0.5, 0.6) is 0 Å². The molecule has 0 saturated carbocycles. The van der Waals surface area contributed by atoms with Gasteiger partial charge in [-0.2, -0.15) is 0 Å². The van der Waals surface area contributed by atoms with E-state index >= 15 is 0 Å². The maximum Gasteiger partial charge on any atom is 0.165 e. The Balaban J connectivity index is 3.80. The second kappa shape index (κ2) is 6.10. The Bertz CT molecular complexity index is 130. The van der Waals surface area contributed by atoms with Gasteiger partial charge in [-0.15, -0.1) is 6.58 Å². The number of Topliss-reactive ketones (excluding diaryl/α,β-unsaturated/α-hetero) is 1. The molecule has 0 amide bonds. The first-order chi connectivity index (χ1) is 5.26. The predicted octanol–water partition coefficient (Wildman–Crippen LogP) is 1.95. The van der Waals surface area contributed by atoms with Crippen LogP contribution in [0.2, 0.25) is 0 Å². The fourth-order valence-corrected chi connectivity index (χ4v) is 0.946. The highest BCUT2D eigenvalue weighted by atomic mass is 16.5. The first kappa shape index (κ1) is 10.4. The second-order valence-corrected chi connectivity index (χ2v) is 2.47. The van der Waals surface area contributed by atoms with Gasteiger partial charge < -0.3 is 4.74 Å². The Morgan fingerprint density at radius 2 is 2.36 bits per heavy atom. The van der Waals surface area contributed by atoms with E-state index in [-0.39, 0.29) is 11.9 Å². The van der Waals surface area contributed by atoms with E-state index < -0.39 is 0 Å². The van der Waals surface area contributed by atoms with Crippen molar-refractivity contribution in [3.8, 4) is 0 Å². The minimum absolute atomic E-state index is 0.129. The number of allylic oxidation sites excluding steroid dienone is 1. The molecule has 2 nitrogen and oxygen atoms in total. The zero-order valence-electron chi connectivity index (χ0n) is 7.30. The van der Waals surface area contributed by atoms with Crippen molar-refractivity contribution in [3.05, 3.63) is 12.7 Å². The molecule has 0 fully saturated rings. The van der Waals surface area contributed by atoms with Crippen molar-refractivity contribution in [2.24, 2.45) is 0 Å². The van der Waals surface area contributed by atoms with E-state index in [2.05, 4.69) is 6.58 Å². The van der Waals surface area contributed by atoms with Gasteiger partial charge in [-0.3, -0.25) is 4.79 Å². The molecule has 1 atom stereocenters. The van der Waals surface area contributed by atoms with Crippen molar-refractivity contribution in [3.63, 3.8) is 0 Å². The summed E-state index contributed by atoms with van der Waals surface area (Å²) in [5.41, 5.74) is 0. The van der Waals surface area contributed by atoms with Crippen molar-refractivity contribution in [2.75, 3.05) is 7.11 Å². The number of methoxy groups -OCH3 is 1. The fourth-order valence-electron chi connectivity index (χ4n) is 0.946. The highest BCUT2D eigenvalue weighted by molar-refractivity contribution is 5.84. The molecule has 11 heavy (non-hydrogen) atoms. The Morgan fingerprint density at radius 1 is 1.73 bits per heavy atom. The number of carbonyl (C=O) groups is 1. The normalized spacial score (nSPS) is 12.5. The average Bonchev–Trinajstić information content (AvgIpc) is 2.00. The fraction of sp³-hybridized carbons (Fsp3) is 0.667. The van der Waals surface area contributed by atoms with E-state index in [1.165, 1.54) is 0 Å². The average molecular weight is 156 g/mol. The van der Waals surface area contributed by atoms with Crippen LogP contribution < -0.4 is 0 Å². The summed E-state index contributed by atoms with van der Waals surface area (Å²) in [5, 5.41) is 0. The highest BCUT2D eigenvalue weighted by Crippen LogP contribution is 2.04. The molecule has 0 heterocycles. The van der Waals surface area contributed by atoms with Gasteiger partial charge in [0.15, 0.2) is 5.78 Å². The Hall–Kier alpha value is -0.630. The van der Waals surface area contributed by atoms with Crippen molar-refractivity contribution in [2.45, 2.75) is 32.3 Å². The van der Waals surface area contributed by atoms with Crippen LogP contribution in [0.1, 0.15) is 26.2 Å². The summed E-state index contributed by atoms with van der Waals surface area (Å²) in [5.74, 6) is 0.129. The van der Waals surface area contributed by atoms with Crippen molar-refractivity contribution in [1.82, 2.24) is 0 Å². The number of ketones is 1. The monoisotopic (exact) mass is 156 g/mol. The van der Waals surface area contributed by atoms with Gasteiger partial charge in [0.05, 0.1) is 0 Å². The summed E-state index contributed by atoms with van der Waals surface area (Å²) in [7, 11) is 1.57. The van der Waals surface area contributed by atoms with Gasteiger partial charge in [-0.05, 0) is 6.42 Å². The summed E-state index contributed by atoms with van der Waals surface area (Å²) < 4.78 is 5.01. The summed E-state index contributed by atoms with van der Waals surface area (Å²) >= 11 is 0. The summed E-state index contributed by atoms with van der Waals surface area (Å²) in [6.07, 6.45) is 3.59. The first-order valence-corrected chi connectivity index (χ1v) is 3.92. The molecule has 2 heteroatoms. The Labute approximate surface area is 68.2 Å². The van der Waals surface area contributed by atoms with Crippen LogP contribution in [0.15, 0.2) is 12.7 Å². The lowest BCUT2D eigenvalue weighted by Gasteiger charge is -2.10. The third-order valence-electron chi connectivity index (χ3n) is 1.54. The number of carbonyl (C=O) groups excluding carboxylic acids is 1. The smallest absolute Gasteiger partial charge is 0.165 e. The van der Waals surface area contributed by atoms with Crippen LogP contribution in [-0.4, -0.2) is 19.0 Å². The first-order valence-electron chi connectivity index (χ1n) is 3.92. The molecule has 0 aromatic heterocycles. The molecule has 0 radical (unpaired) electrons. The van der Waals surface area contributed by atoms with Crippen LogP contribution in [0, 0.1) is 0 Å². The predicted molar refractivity (Wildman–Crippen MR) is 45.5 cm³/mol. The van der Waals surface area contributed by atoms with E-state index in [0.717, 1.165) is 12.8 Å². The molecule has 0 aliphatic carbocycles. The molecular formula is C9H16O2. The third kappa shape index (κ3) is 3.94. The van der Waals surface area contributed by atoms with Gasteiger partial charge >= 0.3 is 0 Å². The lowest BCUT2D eigenvalue weighted by Crippen LogP contribution is -2.21. The van der Waals surface area contributed by atoms with Gasteiger partial charge in [0, 0.05) is 13.5 Å². The van der Waals surface area contributed by atoms with Gasteiger partial charge in [0.1, 0.15) is 6.10 Å². The van der Waals surface area contributed by atoms with Crippen molar-refractivity contribution in [1.29, 1.82) is 0 Å². The molecule has 0 bridgehead atoms. The molecule has 0 aromatic carbocycles. The van der Waals surface area contributed by atoms with Crippen LogP contribution in [-0.2, 0) is 9.53 Å². The number of rotatable bonds is 6. The van der Waals surface area contributed by atoms with E-state index in [0.29, 0.717) is 6.42 Å². The van der Waals surface area contributed by atoms with Gasteiger partial charge in [0.2, 0.25) is 0 Å². The Morgan fingerprint density at radius 3 is 2.73 bits per heavy atom.